The molecule has 0 radical (unpaired) electrons. The van der Waals surface area contributed by atoms with Crippen LogP contribution >= 0.6 is 0 Å². The van der Waals surface area contributed by atoms with Crippen LogP contribution in [0.5, 0.6) is 0 Å². The van der Waals surface area contributed by atoms with Crippen molar-refractivity contribution in [2.45, 2.75) is 39.0 Å². The van der Waals surface area contributed by atoms with Gasteiger partial charge in [-0.1, -0.05) is 0 Å². The lowest BCUT2D eigenvalue weighted by atomic mass is 10.2. The van der Waals surface area contributed by atoms with Crippen LogP contribution in [0.15, 0.2) is 4.99 Å². The monoisotopic (exact) mass is 326 g/mol. The van der Waals surface area contributed by atoms with Gasteiger partial charge in [-0.15, -0.1) is 0 Å². The number of halogens is 3. The number of rotatable bonds is 10. The van der Waals surface area contributed by atoms with E-state index in [0.29, 0.717) is 25.7 Å². The molecule has 0 heterocycles. The maximum Gasteiger partial charge on any atom is 0.390 e. The second-order valence-corrected chi connectivity index (χ2v) is 5.18. The number of ether oxygens (including phenoxy) is 1. The first kappa shape index (κ1) is 21.0. The second kappa shape index (κ2) is 11.5. The first-order valence-electron chi connectivity index (χ1n) is 7.63. The van der Waals surface area contributed by atoms with Crippen LogP contribution in [0.2, 0.25) is 0 Å². The predicted molar refractivity (Wildman–Crippen MR) is 83.2 cm³/mol. The molecular weight excluding hydrogens is 297 g/mol. The van der Waals surface area contributed by atoms with E-state index in [1.54, 1.807) is 0 Å². The minimum Gasteiger partial charge on any atom is -0.377 e. The molecule has 2 N–H and O–H groups in total. The van der Waals surface area contributed by atoms with Gasteiger partial charge in [-0.05, 0) is 34.4 Å². The van der Waals surface area contributed by atoms with Gasteiger partial charge in [0, 0.05) is 26.2 Å². The molecule has 1 atom stereocenters. The largest absolute Gasteiger partial charge is 0.390 e. The van der Waals surface area contributed by atoms with Gasteiger partial charge >= 0.3 is 6.18 Å². The van der Waals surface area contributed by atoms with E-state index in [1.165, 1.54) is 0 Å². The van der Waals surface area contributed by atoms with Crippen LogP contribution in [-0.4, -0.2) is 70.0 Å². The maximum absolute atomic E-state index is 12.2. The van der Waals surface area contributed by atoms with E-state index in [-0.39, 0.29) is 12.6 Å². The van der Waals surface area contributed by atoms with Crippen molar-refractivity contribution in [2.75, 3.05) is 46.9 Å². The Hall–Kier alpha value is -1.02. The van der Waals surface area contributed by atoms with Gasteiger partial charge in [0.15, 0.2) is 5.96 Å². The van der Waals surface area contributed by atoms with Gasteiger partial charge in [0.05, 0.1) is 19.1 Å². The number of nitrogens with one attached hydrogen (secondary N) is 2. The van der Waals surface area contributed by atoms with Crippen molar-refractivity contribution >= 4 is 5.96 Å². The summed E-state index contributed by atoms with van der Waals surface area (Å²) in [4.78, 5) is 6.37. The SMILES string of the molecule is CCNC(=NCC(CCN(C)C)OCC)NCCC(F)(F)F. The normalized spacial score (nSPS) is 14.3. The molecule has 0 aromatic carbocycles. The van der Waals surface area contributed by atoms with Crippen molar-refractivity contribution in [2.24, 2.45) is 4.99 Å². The van der Waals surface area contributed by atoms with Gasteiger partial charge in [-0.25, -0.2) is 0 Å². The molecule has 0 rings (SSSR count). The number of hydrogen-bond acceptors (Lipinski definition) is 3. The van der Waals surface area contributed by atoms with Crippen LogP contribution < -0.4 is 10.6 Å². The van der Waals surface area contributed by atoms with Gasteiger partial charge < -0.3 is 20.3 Å². The molecule has 5 nitrogen and oxygen atoms in total. The number of nitrogens with zero attached hydrogens (tertiary/aromatic N) is 2. The van der Waals surface area contributed by atoms with E-state index in [1.807, 2.05) is 27.9 Å². The van der Waals surface area contributed by atoms with E-state index in [2.05, 4.69) is 20.5 Å². The Morgan fingerprint density at radius 3 is 2.41 bits per heavy atom. The molecule has 0 saturated carbocycles. The molecule has 0 saturated heterocycles. The van der Waals surface area contributed by atoms with Gasteiger partial charge in [-0.2, -0.15) is 13.2 Å². The third-order valence-electron chi connectivity index (χ3n) is 2.80. The topological polar surface area (TPSA) is 48.9 Å². The molecule has 0 fully saturated rings. The fraction of sp³-hybridized carbons (Fsp3) is 0.929. The van der Waals surface area contributed by atoms with Crippen LogP contribution in [-0.2, 0) is 4.74 Å². The highest BCUT2D eigenvalue weighted by atomic mass is 19.4. The summed E-state index contributed by atoms with van der Waals surface area (Å²) in [7, 11) is 3.96. The lowest BCUT2D eigenvalue weighted by Gasteiger charge is -2.19. The Labute approximate surface area is 131 Å². The zero-order chi connectivity index (χ0) is 17.0. The zero-order valence-corrected chi connectivity index (χ0v) is 14.0. The van der Waals surface area contributed by atoms with Crippen LogP contribution in [0, 0.1) is 0 Å². The first-order chi connectivity index (χ1) is 10.3. The molecule has 0 aliphatic carbocycles. The quantitative estimate of drug-likeness (QED) is 0.475. The Morgan fingerprint density at radius 1 is 1.23 bits per heavy atom. The molecule has 1 unspecified atom stereocenters. The lowest BCUT2D eigenvalue weighted by Crippen LogP contribution is -2.39. The fourth-order valence-electron chi connectivity index (χ4n) is 1.72. The Balaban J connectivity index is 4.39. The van der Waals surface area contributed by atoms with E-state index in [9.17, 15) is 13.2 Å². The Morgan fingerprint density at radius 2 is 1.91 bits per heavy atom. The standard InChI is InChI=1S/C14H29F3N4O/c1-5-18-13(19-9-8-14(15,16)17)20-11-12(22-6-2)7-10-21(3)4/h12H,5-11H2,1-4H3,(H2,18,19,20). The zero-order valence-electron chi connectivity index (χ0n) is 14.0. The van der Waals surface area contributed by atoms with Crippen molar-refractivity contribution in [3.8, 4) is 0 Å². The number of hydrogen-bond donors (Lipinski definition) is 2. The number of aliphatic imine (C=N–C) groups is 1. The minimum atomic E-state index is -4.16. The average molecular weight is 326 g/mol. The van der Waals surface area contributed by atoms with Crippen molar-refractivity contribution in [1.82, 2.24) is 15.5 Å². The molecule has 0 spiro atoms. The number of alkyl halides is 3. The van der Waals surface area contributed by atoms with Crippen LogP contribution in [0.1, 0.15) is 26.7 Å². The second-order valence-electron chi connectivity index (χ2n) is 5.18. The minimum absolute atomic E-state index is 0.0366. The Bertz CT molecular complexity index is 309. The molecule has 0 bridgehead atoms. The van der Waals surface area contributed by atoms with E-state index < -0.39 is 12.6 Å². The highest BCUT2D eigenvalue weighted by molar-refractivity contribution is 5.79. The lowest BCUT2D eigenvalue weighted by molar-refractivity contribution is -0.132. The van der Waals surface area contributed by atoms with E-state index in [0.717, 1.165) is 13.0 Å². The molecule has 0 aromatic heterocycles. The summed E-state index contributed by atoms with van der Waals surface area (Å²) in [6, 6.07) is 0. The van der Waals surface area contributed by atoms with Gasteiger partial charge in [0.1, 0.15) is 0 Å². The first-order valence-corrected chi connectivity index (χ1v) is 7.63. The molecule has 0 aromatic rings. The highest BCUT2D eigenvalue weighted by Gasteiger charge is 2.26. The average Bonchev–Trinajstić information content (AvgIpc) is 2.40. The highest BCUT2D eigenvalue weighted by Crippen LogP contribution is 2.18. The summed E-state index contributed by atoms with van der Waals surface area (Å²) in [6.07, 6.45) is -4.26. The summed E-state index contributed by atoms with van der Waals surface area (Å²) < 4.78 is 42.1. The van der Waals surface area contributed by atoms with E-state index in [4.69, 9.17) is 4.74 Å². The van der Waals surface area contributed by atoms with Crippen molar-refractivity contribution in [1.29, 1.82) is 0 Å². The predicted octanol–water partition coefficient (Wildman–Crippen LogP) is 1.85. The molecule has 0 aliphatic rings. The van der Waals surface area contributed by atoms with Crippen molar-refractivity contribution in [3.63, 3.8) is 0 Å². The maximum atomic E-state index is 12.2. The van der Waals surface area contributed by atoms with E-state index >= 15 is 0 Å². The third-order valence-corrected chi connectivity index (χ3v) is 2.80. The summed E-state index contributed by atoms with van der Waals surface area (Å²) in [5, 5.41) is 5.63. The van der Waals surface area contributed by atoms with Gasteiger partial charge in [0.2, 0.25) is 0 Å². The summed E-state index contributed by atoms with van der Waals surface area (Å²) in [5.41, 5.74) is 0. The summed E-state index contributed by atoms with van der Waals surface area (Å²) in [6.45, 7) is 6.07. The van der Waals surface area contributed by atoms with Gasteiger partial charge in [-0.3, -0.25) is 4.99 Å². The third kappa shape index (κ3) is 12.7. The molecule has 8 heteroatoms. The van der Waals surface area contributed by atoms with Crippen LogP contribution in [0.4, 0.5) is 13.2 Å². The van der Waals surface area contributed by atoms with Crippen molar-refractivity contribution in [3.05, 3.63) is 0 Å². The molecule has 132 valence electrons. The molecule has 0 aliphatic heterocycles. The smallest absolute Gasteiger partial charge is 0.377 e. The summed E-state index contributed by atoms with van der Waals surface area (Å²) in [5.74, 6) is 0.390. The molecule has 0 amide bonds. The Kier molecular flexibility index (Phi) is 11.0. The van der Waals surface area contributed by atoms with Gasteiger partial charge in [0.25, 0.3) is 0 Å². The summed E-state index contributed by atoms with van der Waals surface area (Å²) >= 11 is 0. The van der Waals surface area contributed by atoms with Crippen molar-refractivity contribution < 1.29 is 17.9 Å². The fourth-order valence-corrected chi connectivity index (χ4v) is 1.72. The molecular formula is C14H29F3N4O. The number of guanidine groups is 1. The van der Waals surface area contributed by atoms with Crippen LogP contribution in [0.25, 0.3) is 0 Å². The molecule has 22 heavy (non-hydrogen) atoms. The van der Waals surface area contributed by atoms with Crippen LogP contribution in [0.3, 0.4) is 0 Å².